The number of rotatable bonds is 2. The summed E-state index contributed by atoms with van der Waals surface area (Å²) in [5.41, 5.74) is 0. The maximum absolute atomic E-state index is 6.56. The monoisotopic (exact) mass is 98.1 g/mol. The third kappa shape index (κ3) is 5.21. The molecule has 0 heterocycles. The van der Waals surface area contributed by atoms with E-state index in [0.29, 0.717) is 0 Å². The van der Waals surface area contributed by atoms with Gasteiger partial charge in [0.2, 0.25) is 0 Å². The first-order valence-corrected chi connectivity index (χ1v) is 2.11. The molecule has 0 saturated heterocycles. The summed E-state index contributed by atoms with van der Waals surface area (Å²) >= 11 is 0. The molecule has 0 radical (unpaired) electrons. The maximum atomic E-state index is 6.56. The second-order valence-corrected chi connectivity index (χ2v) is 1.47. The zero-order valence-electron chi connectivity index (χ0n) is 4.68. The average Bonchev–Trinajstić information content (AvgIpc) is 1.61. The van der Waals surface area contributed by atoms with Gasteiger partial charge in [-0.15, -0.1) is 0 Å². The minimum Gasteiger partial charge on any atom is -0.383 e. The molecule has 7 heavy (non-hydrogen) atoms. The molecule has 0 atom stereocenters. The normalized spacial score (nSPS) is 9.43. The highest BCUT2D eigenvalue weighted by Crippen LogP contribution is 1.71. The van der Waals surface area contributed by atoms with Crippen molar-refractivity contribution < 1.29 is 0 Å². The Kier molecular flexibility index (Phi) is 3.02. The summed E-state index contributed by atoms with van der Waals surface area (Å²) in [6.07, 6.45) is 4.73. The first kappa shape index (κ1) is 6.21. The van der Waals surface area contributed by atoms with E-state index in [2.05, 4.69) is 0 Å². The lowest BCUT2D eigenvalue weighted by molar-refractivity contribution is 0.564. The standard InChI is InChI=1S/C5H10N2/c1-7(2)5-3-4-6/h3-6H,1-2H3/b5-3-,6-4?. The van der Waals surface area contributed by atoms with Crippen LogP contribution in [0.3, 0.4) is 0 Å². The number of allylic oxidation sites excluding steroid dienone is 1. The molecule has 0 fully saturated rings. The van der Waals surface area contributed by atoms with E-state index in [4.69, 9.17) is 5.41 Å². The molecule has 0 aromatic heterocycles. The molecule has 0 unspecified atom stereocenters. The van der Waals surface area contributed by atoms with Crippen LogP contribution in [-0.2, 0) is 0 Å². The van der Waals surface area contributed by atoms with E-state index >= 15 is 0 Å². The van der Waals surface area contributed by atoms with Crippen LogP contribution < -0.4 is 0 Å². The van der Waals surface area contributed by atoms with Gasteiger partial charge in [-0.1, -0.05) is 0 Å². The summed E-state index contributed by atoms with van der Waals surface area (Å²) in [7, 11) is 3.83. The van der Waals surface area contributed by atoms with Crippen molar-refractivity contribution in [3.8, 4) is 0 Å². The van der Waals surface area contributed by atoms with Crippen molar-refractivity contribution in [1.82, 2.24) is 4.90 Å². The summed E-state index contributed by atoms with van der Waals surface area (Å²) in [5.74, 6) is 0. The van der Waals surface area contributed by atoms with E-state index in [9.17, 15) is 0 Å². The van der Waals surface area contributed by atoms with E-state index in [1.807, 2.05) is 25.2 Å². The van der Waals surface area contributed by atoms with Crippen LogP contribution in [0.15, 0.2) is 12.3 Å². The minimum atomic E-state index is 1.25. The van der Waals surface area contributed by atoms with Gasteiger partial charge in [0.15, 0.2) is 0 Å². The van der Waals surface area contributed by atoms with Crippen molar-refractivity contribution in [2.24, 2.45) is 0 Å². The van der Waals surface area contributed by atoms with Crippen LogP contribution in [0.2, 0.25) is 0 Å². The number of hydrogen-bond donors (Lipinski definition) is 1. The molecule has 1 N–H and O–H groups in total. The third-order valence-electron chi connectivity index (χ3n) is 0.480. The fourth-order valence-corrected chi connectivity index (χ4v) is 0.215. The van der Waals surface area contributed by atoms with Crippen molar-refractivity contribution in [3.63, 3.8) is 0 Å². The molecule has 0 saturated carbocycles. The number of nitrogens with one attached hydrogen (secondary N) is 1. The van der Waals surface area contributed by atoms with Gasteiger partial charge < -0.3 is 10.3 Å². The maximum Gasteiger partial charge on any atom is 0.0192 e. The minimum absolute atomic E-state index is 1.25. The van der Waals surface area contributed by atoms with Crippen LogP contribution in [-0.4, -0.2) is 25.2 Å². The largest absolute Gasteiger partial charge is 0.383 e. The fourth-order valence-electron chi connectivity index (χ4n) is 0.215. The van der Waals surface area contributed by atoms with Crippen LogP contribution in [0.5, 0.6) is 0 Å². The lowest BCUT2D eigenvalue weighted by atomic mass is 10.6. The molecule has 0 aromatic carbocycles. The molecule has 0 amide bonds. The molecule has 40 valence electrons. The number of nitrogens with zero attached hydrogens (tertiary/aromatic N) is 1. The predicted octanol–water partition coefficient (Wildman–Crippen LogP) is 0.711. The van der Waals surface area contributed by atoms with Gasteiger partial charge in [-0.25, -0.2) is 0 Å². The molecule has 2 nitrogen and oxygen atoms in total. The van der Waals surface area contributed by atoms with Crippen LogP contribution in [0.1, 0.15) is 0 Å². The van der Waals surface area contributed by atoms with Gasteiger partial charge in [0.1, 0.15) is 0 Å². The van der Waals surface area contributed by atoms with E-state index in [1.54, 1.807) is 6.08 Å². The molecule has 0 aliphatic heterocycles. The highest BCUT2D eigenvalue weighted by molar-refractivity contribution is 5.67. The fraction of sp³-hybridized carbons (Fsp3) is 0.400. The van der Waals surface area contributed by atoms with Crippen molar-refractivity contribution >= 4 is 6.21 Å². The Morgan fingerprint density at radius 2 is 2.00 bits per heavy atom. The summed E-state index contributed by atoms with van der Waals surface area (Å²) < 4.78 is 0. The molecule has 0 spiro atoms. The second-order valence-electron chi connectivity index (χ2n) is 1.47. The van der Waals surface area contributed by atoms with Gasteiger partial charge in [0.05, 0.1) is 0 Å². The lowest BCUT2D eigenvalue weighted by Crippen LogP contribution is -1.99. The van der Waals surface area contributed by atoms with Crippen molar-refractivity contribution in [1.29, 1.82) is 5.41 Å². The summed E-state index contributed by atoms with van der Waals surface area (Å²) in [5, 5.41) is 6.56. The molecule has 0 rings (SSSR count). The Balaban J connectivity index is 3.25. The first-order chi connectivity index (χ1) is 3.27. The first-order valence-electron chi connectivity index (χ1n) is 2.11. The van der Waals surface area contributed by atoms with Crippen LogP contribution in [0.4, 0.5) is 0 Å². The van der Waals surface area contributed by atoms with Gasteiger partial charge in [0, 0.05) is 20.3 Å². The van der Waals surface area contributed by atoms with Gasteiger partial charge in [0.25, 0.3) is 0 Å². The van der Waals surface area contributed by atoms with Gasteiger partial charge in [-0.3, -0.25) is 0 Å². The average molecular weight is 98.1 g/mol. The quantitative estimate of drug-likeness (QED) is 0.506. The van der Waals surface area contributed by atoms with Gasteiger partial charge >= 0.3 is 0 Å². The van der Waals surface area contributed by atoms with Crippen LogP contribution in [0.25, 0.3) is 0 Å². The van der Waals surface area contributed by atoms with E-state index in [0.717, 1.165) is 0 Å². The van der Waals surface area contributed by atoms with Crippen molar-refractivity contribution in [3.05, 3.63) is 12.3 Å². The molecular formula is C5H10N2. The van der Waals surface area contributed by atoms with E-state index in [-0.39, 0.29) is 0 Å². The highest BCUT2D eigenvalue weighted by atomic mass is 15.0. The van der Waals surface area contributed by atoms with E-state index < -0.39 is 0 Å². The van der Waals surface area contributed by atoms with Crippen molar-refractivity contribution in [2.75, 3.05) is 14.1 Å². The number of hydrogen-bond acceptors (Lipinski definition) is 2. The molecule has 0 aromatic rings. The Bertz CT molecular complexity index is 74.1. The van der Waals surface area contributed by atoms with Gasteiger partial charge in [-0.2, -0.15) is 0 Å². The van der Waals surface area contributed by atoms with Crippen LogP contribution in [0, 0.1) is 5.41 Å². The Hall–Kier alpha value is -0.790. The summed E-state index contributed by atoms with van der Waals surface area (Å²) in [6.45, 7) is 0. The molecule has 0 aliphatic carbocycles. The Morgan fingerprint density at radius 1 is 1.43 bits per heavy atom. The zero-order chi connectivity index (χ0) is 5.70. The predicted molar refractivity (Wildman–Crippen MR) is 31.6 cm³/mol. The molecule has 0 aliphatic rings. The summed E-state index contributed by atoms with van der Waals surface area (Å²) in [6, 6.07) is 0. The second kappa shape index (κ2) is 3.40. The topological polar surface area (TPSA) is 27.1 Å². The van der Waals surface area contributed by atoms with Crippen LogP contribution >= 0.6 is 0 Å². The molecule has 2 heteroatoms. The van der Waals surface area contributed by atoms with Crippen molar-refractivity contribution in [2.45, 2.75) is 0 Å². The third-order valence-corrected chi connectivity index (χ3v) is 0.480. The highest BCUT2D eigenvalue weighted by Gasteiger charge is 1.68. The Morgan fingerprint density at radius 3 is 2.14 bits per heavy atom. The Labute approximate surface area is 44.0 Å². The SMILES string of the molecule is CN(C)/C=C\C=N. The lowest BCUT2D eigenvalue weighted by Gasteiger charge is -1.99. The molecule has 0 bridgehead atoms. The zero-order valence-corrected chi connectivity index (χ0v) is 4.68. The molecular weight excluding hydrogens is 88.1 g/mol. The van der Waals surface area contributed by atoms with E-state index in [1.165, 1.54) is 6.21 Å². The smallest absolute Gasteiger partial charge is 0.0192 e. The summed E-state index contributed by atoms with van der Waals surface area (Å²) in [4.78, 5) is 1.88. The van der Waals surface area contributed by atoms with Gasteiger partial charge in [-0.05, 0) is 12.3 Å².